The van der Waals surface area contributed by atoms with Crippen molar-refractivity contribution in [1.82, 2.24) is 5.32 Å². The van der Waals surface area contributed by atoms with Gasteiger partial charge < -0.3 is 15.2 Å². The smallest absolute Gasteiger partial charge is 0.258 e. The van der Waals surface area contributed by atoms with Crippen molar-refractivity contribution in [3.63, 3.8) is 0 Å². The minimum atomic E-state index is -0.372. The van der Waals surface area contributed by atoms with Gasteiger partial charge in [-0.25, -0.2) is 0 Å². The van der Waals surface area contributed by atoms with Crippen molar-refractivity contribution in [2.45, 2.75) is 32.2 Å². The SMILES string of the molecule is Cc1ccc(OCC(=O)NC2(CO)CC2)c(C)c1. The molecule has 0 bridgehead atoms. The molecule has 1 fully saturated rings. The molecule has 98 valence electrons. The third-order valence-corrected chi connectivity index (χ3v) is 3.25. The van der Waals surface area contributed by atoms with Gasteiger partial charge in [-0.15, -0.1) is 0 Å². The number of aliphatic hydroxyl groups excluding tert-OH is 1. The Morgan fingerprint density at radius 3 is 2.72 bits per heavy atom. The third kappa shape index (κ3) is 3.01. The molecule has 2 rings (SSSR count). The summed E-state index contributed by atoms with van der Waals surface area (Å²) in [5.41, 5.74) is 1.82. The number of hydrogen-bond acceptors (Lipinski definition) is 3. The van der Waals surface area contributed by atoms with Crippen molar-refractivity contribution in [2.24, 2.45) is 0 Å². The first-order valence-corrected chi connectivity index (χ1v) is 6.17. The lowest BCUT2D eigenvalue weighted by molar-refractivity contribution is -0.124. The molecular weight excluding hydrogens is 230 g/mol. The van der Waals surface area contributed by atoms with Gasteiger partial charge in [-0.2, -0.15) is 0 Å². The molecule has 0 aliphatic heterocycles. The van der Waals surface area contributed by atoms with Gasteiger partial charge in [-0.3, -0.25) is 4.79 Å². The number of nitrogens with one attached hydrogen (secondary N) is 1. The summed E-state index contributed by atoms with van der Waals surface area (Å²) in [4.78, 5) is 11.7. The molecule has 1 amide bonds. The van der Waals surface area contributed by atoms with E-state index in [4.69, 9.17) is 9.84 Å². The molecule has 0 radical (unpaired) electrons. The van der Waals surface area contributed by atoms with Crippen molar-refractivity contribution in [3.05, 3.63) is 29.3 Å². The van der Waals surface area contributed by atoms with Crippen molar-refractivity contribution >= 4 is 5.91 Å². The van der Waals surface area contributed by atoms with E-state index in [1.54, 1.807) is 0 Å². The van der Waals surface area contributed by atoms with E-state index in [1.165, 1.54) is 5.56 Å². The fourth-order valence-corrected chi connectivity index (χ4v) is 1.91. The highest BCUT2D eigenvalue weighted by Crippen LogP contribution is 2.34. The number of benzene rings is 1. The molecule has 1 aliphatic rings. The Kier molecular flexibility index (Phi) is 3.57. The van der Waals surface area contributed by atoms with Gasteiger partial charge in [0.25, 0.3) is 5.91 Å². The molecule has 0 unspecified atom stereocenters. The van der Waals surface area contributed by atoms with Crippen molar-refractivity contribution < 1.29 is 14.6 Å². The second-order valence-corrected chi connectivity index (χ2v) is 5.04. The first-order valence-electron chi connectivity index (χ1n) is 6.17. The average molecular weight is 249 g/mol. The van der Waals surface area contributed by atoms with Gasteiger partial charge >= 0.3 is 0 Å². The monoisotopic (exact) mass is 249 g/mol. The standard InChI is InChI=1S/C14H19NO3/c1-10-3-4-12(11(2)7-10)18-8-13(17)15-14(9-16)5-6-14/h3-4,7,16H,5-6,8-9H2,1-2H3,(H,15,17). The summed E-state index contributed by atoms with van der Waals surface area (Å²) in [6.45, 7) is 3.96. The highest BCUT2D eigenvalue weighted by Gasteiger charge is 2.43. The van der Waals surface area contributed by atoms with Crippen LogP contribution in [0.1, 0.15) is 24.0 Å². The molecule has 4 heteroatoms. The Morgan fingerprint density at radius 2 is 2.17 bits per heavy atom. The van der Waals surface area contributed by atoms with Crippen LogP contribution in [0.15, 0.2) is 18.2 Å². The fourth-order valence-electron chi connectivity index (χ4n) is 1.91. The van der Waals surface area contributed by atoms with E-state index in [0.717, 1.165) is 24.2 Å². The van der Waals surface area contributed by atoms with Gasteiger partial charge in [0, 0.05) is 0 Å². The van der Waals surface area contributed by atoms with Crippen LogP contribution >= 0.6 is 0 Å². The van der Waals surface area contributed by atoms with E-state index in [0.29, 0.717) is 0 Å². The molecule has 4 nitrogen and oxygen atoms in total. The minimum Gasteiger partial charge on any atom is -0.484 e. The molecule has 0 saturated heterocycles. The fraction of sp³-hybridized carbons (Fsp3) is 0.500. The number of ether oxygens (including phenoxy) is 1. The zero-order chi connectivity index (χ0) is 13.2. The Hall–Kier alpha value is -1.55. The molecule has 1 saturated carbocycles. The van der Waals surface area contributed by atoms with Gasteiger partial charge in [0.05, 0.1) is 12.1 Å². The lowest BCUT2D eigenvalue weighted by atomic mass is 10.1. The summed E-state index contributed by atoms with van der Waals surface area (Å²) >= 11 is 0. The predicted octanol–water partition coefficient (Wildman–Crippen LogP) is 1.32. The van der Waals surface area contributed by atoms with Crippen LogP contribution in [0.3, 0.4) is 0 Å². The first-order chi connectivity index (χ1) is 8.54. The van der Waals surface area contributed by atoms with Gasteiger partial charge in [0.1, 0.15) is 5.75 Å². The lowest BCUT2D eigenvalue weighted by Gasteiger charge is -2.15. The number of hydrogen-bond donors (Lipinski definition) is 2. The number of rotatable bonds is 5. The zero-order valence-electron chi connectivity index (χ0n) is 10.8. The maximum absolute atomic E-state index is 11.7. The molecule has 2 N–H and O–H groups in total. The lowest BCUT2D eigenvalue weighted by Crippen LogP contribution is -2.42. The first kappa shape index (κ1) is 12.9. The quantitative estimate of drug-likeness (QED) is 0.827. The molecule has 1 aromatic rings. The molecule has 1 aromatic carbocycles. The number of amides is 1. The highest BCUT2D eigenvalue weighted by molar-refractivity contribution is 5.78. The Bertz CT molecular complexity index is 452. The van der Waals surface area contributed by atoms with Crippen LogP contribution in [-0.2, 0) is 4.79 Å². The minimum absolute atomic E-state index is 0.00228. The summed E-state index contributed by atoms with van der Waals surface area (Å²) in [6, 6.07) is 5.84. The summed E-state index contributed by atoms with van der Waals surface area (Å²) < 4.78 is 5.48. The summed E-state index contributed by atoms with van der Waals surface area (Å²) in [7, 11) is 0. The topological polar surface area (TPSA) is 58.6 Å². The van der Waals surface area contributed by atoms with Crippen LogP contribution in [-0.4, -0.2) is 29.8 Å². The van der Waals surface area contributed by atoms with E-state index < -0.39 is 0 Å². The highest BCUT2D eigenvalue weighted by atomic mass is 16.5. The van der Waals surface area contributed by atoms with Gasteiger partial charge in [-0.05, 0) is 38.3 Å². The van der Waals surface area contributed by atoms with E-state index in [2.05, 4.69) is 5.32 Å². The van der Waals surface area contributed by atoms with E-state index >= 15 is 0 Å². The number of aryl methyl sites for hydroxylation is 2. The summed E-state index contributed by atoms with van der Waals surface area (Å²) in [5, 5.41) is 11.9. The van der Waals surface area contributed by atoms with Crippen LogP contribution in [0.4, 0.5) is 0 Å². The molecule has 0 spiro atoms. The molecule has 0 atom stereocenters. The number of carbonyl (C=O) groups excluding carboxylic acids is 1. The van der Waals surface area contributed by atoms with Gasteiger partial charge in [-0.1, -0.05) is 17.7 Å². The largest absolute Gasteiger partial charge is 0.484 e. The van der Waals surface area contributed by atoms with Crippen molar-refractivity contribution in [1.29, 1.82) is 0 Å². The summed E-state index contributed by atoms with van der Waals surface area (Å²) in [6.07, 6.45) is 1.69. The van der Waals surface area contributed by atoms with Crippen LogP contribution in [0.2, 0.25) is 0 Å². The predicted molar refractivity (Wildman–Crippen MR) is 68.6 cm³/mol. The van der Waals surface area contributed by atoms with Crippen LogP contribution in [0.25, 0.3) is 0 Å². The maximum atomic E-state index is 11.7. The average Bonchev–Trinajstić information content (AvgIpc) is 3.08. The van der Waals surface area contributed by atoms with E-state index in [-0.39, 0.29) is 24.7 Å². The van der Waals surface area contributed by atoms with Gasteiger partial charge in [0.2, 0.25) is 0 Å². The Labute approximate surface area is 107 Å². The van der Waals surface area contributed by atoms with E-state index in [1.807, 2.05) is 32.0 Å². The number of carbonyl (C=O) groups is 1. The maximum Gasteiger partial charge on any atom is 0.258 e. The van der Waals surface area contributed by atoms with E-state index in [9.17, 15) is 4.79 Å². The third-order valence-electron chi connectivity index (χ3n) is 3.25. The number of aliphatic hydroxyl groups is 1. The van der Waals surface area contributed by atoms with Crippen LogP contribution < -0.4 is 10.1 Å². The zero-order valence-corrected chi connectivity index (χ0v) is 10.8. The molecule has 18 heavy (non-hydrogen) atoms. The van der Waals surface area contributed by atoms with Crippen LogP contribution in [0.5, 0.6) is 5.75 Å². The van der Waals surface area contributed by atoms with Gasteiger partial charge in [0.15, 0.2) is 6.61 Å². The van der Waals surface area contributed by atoms with Crippen molar-refractivity contribution in [3.8, 4) is 5.75 Å². The Morgan fingerprint density at radius 1 is 1.44 bits per heavy atom. The molecule has 1 aliphatic carbocycles. The van der Waals surface area contributed by atoms with Crippen LogP contribution in [0, 0.1) is 13.8 Å². The normalized spacial score (nSPS) is 16.2. The molecule has 0 heterocycles. The van der Waals surface area contributed by atoms with Crippen molar-refractivity contribution in [2.75, 3.05) is 13.2 Å². The second-order valence-electron chi connectivity index (χ2n) is 5.04. The second kappa shape index (κ2) is 4.98. The Balaban J connectivity index is 1.85. The molecule has 0 aromatic heterocycles. The molecular formula is C14H19NO3. The summed E-state index contributed by atoms with van der Waals surface area (Å²) in [5.74, 6) is 0.547.